The van der Waals surface area contributed by atoms with Crippen LogP contribution in [0.2, 0.25) is 0 Å². The fourth-order valence-electron chi connectivity index (χ4n) is 3.05. The van der Waals surface area contributed by atoms with Gasteiger partial charge in [0.1, 0.15) is 5.75 Å². The van der Waals surface area contributed by atoms with Gasteiger partial charge in [-0.15, -0.1) is 0 Å². The Labute approximate surface area is 136 Å². The first-order chi connectivity index (χ1) is 11.2. The first kappa shape index (κ1) is 15.6. The second kappa shape index (κ2) is 6.86. The molecular weight excluding hydrogens is 290 g/mol. The monoisotopic (exact) mass is 313 g/mol. The fourth-order valence-corrected chi connectivity index (χ4v) is 3.05. The minimum atomic E-state index is 0.0284. The van der Waals surface area contributed by atoms with Crippen molar-refractivity contribution in [3.63, 3.8) is 0 Å². The Morgan fingerprint density at radius 3 is 3.00 bits per heavy atom. The van der Waals surface area contributed by atoms with Gasteiger partial charge in [-0.3, -0.25) is 9.48 Å². The highest BCUT2D eigenvalue weighted by Crippen LogP contribution is 2.30. The van der Waals surface area contributed by atoms with Gasteiger partial charge >= 0.3 is 0 Å². The maximum atomic E-state index is 12.9. The van der Waals surface area contributed by atoms with E-state index < -0.39 is 0 Å². The maximum absolute atomic E-state index is 12.9. The van der Waals surface area contributed by atoms with Crippen molar-refractivity contribution >= 4 is 11.6 Å². The lowest BCUT2D eigenvalue weighted by atomic mass is 10.1. The van der Waals surface area contributed by atoms with Crippen molar-refractivity contribution in [1.29, 1.82) is 0 Å². The normalized spacial score (nSPS) is 14.3. The topological polar surface area (TPSA) is 47.4 Å². The van der Waals surface area contributed by atoms with Crippen LogP contribution in [0.25, 0.3) is 0 Å². The zero-order chi connectivity index (χ0) is 16.2. The number of benzene rings is 1. The highest BCUT2D eigenvalue weighted by atomic mass is 16.5. The smallest absolute Gasteiger partial charge is 0.261 e. The highest BCUT2D eigenvalue weighted by molar-refractivity contribution is 6.06. The van der Waals surface area contributed by atoms with Gasteiger partial charge in [0.25, 0.3) is 5.91 Å². The maximum Gasteiger partial charge on any atom is 0.261 e. The van der Waals surface area contributed by atoms with Crippen LogP contribution >= 0.6 is 0 Å². The molecule has 0 N–H and O–H groups in total. The summed E-state index contributed by atoms with van der Waals surface area (Å²) in [6.45, 7) is 3.68. The number of methoxy groups -OCH3 is 1. The molecule has 1 aromatic heterocycles. The average molecular weight is 313 g/mol. The van der Waals surface area contributed by atoms with Crippen LogP contribution in [0.4, 0.5) is 5.69 Å². The van der Waals surface area contributed by atoms with E-state index in [9.17, 15) is 4.79 Å². The van der Waals surface area contributed by atoms with Crippen LogP contribution in [0.1, 0.15) is 42.1 Å². The SMILES string of the molecule is CCCn1cc(C(=O)N2CCCCc3cc(OC)ccc32)cn1. The van der Waals surface area contributed by atoms with Crippen molar-refractivity contribution in [1.82, 2.24) is 9.78 Å². The highest BCUT2D eigenvalue weighted by Gasteiger charge is 2.23. The van der Waals surface area contributed by atoms with Crippen molar-refractivity contribution < 1.29 is 9.53 Å². The molecule has 0 atom stereocenters. The van der Waals surface area contributed by atoms with Crippen LogP contribution in [0.3, 0.4) is 0 Å². The number of aromatic nitrogens is 2. The van der Waals surface area contributed by atoms with E-state index in [4.69, 9.17) is 4.74 Å². The van der Waals surface area contributed by atoms with Crippen LogP contribution in [0.15, 0.2) is 30.6 Å². The Morgan fingerprint density at radius 1 is 1.35 bits per heavy atom. The predicted octanol–water partition coefficient (Wildman–Crippen LogP) is 3.28. The number of carbonyl (C=O) groups excluding carboxylic acids is 1. The lowest BCUT2D eigenvalue weighted by molar-refractivity contribution is 0.0987. The fraction of sp³-hybridized carbons (Fsp3) is 0.444. The first-order valence-electron chi connectivity index (χ1n) is 8.24. The minimum absolute atomic E-state index is 0.0284. The molecule has 0 spiro atoms. The number of hydrogen-bond donors (Lipinski definition) is 0. The Kier molecular flexibility index (Phi) is 4.65. The van der Waals surface area contributed by atoms with Gasteiger partial charge in [-0.05, 0) is 49.4 Å². The molecule has 0 saturated heterocycles. The quantitative estimate of drug-likeness (QED) is 0.870. The number of ether oxygens (including phenoxy) is 1. The molecule has 1 amide bonds. The third-order valence-electron chi connectivity index (χ3n) is 4.23. The molecule has 1 aliphatic rings. The van der Waals surface area contributed by atoms with E-state index in [0.717, 1.165) is 50.2 Å². The van der Waals surface area contributed by atoms with Gasteiger partial charge in [-0.1, -0.05) is 6.92 Å². The number of rotatable bonds is 4. The molecule has 2 aromatic rings. The van der Waals surface area contributed by atoms with E-state index >= 15 is 0 Å². The summed E-state index contributed by atoms with van der Waals surface area (Å²) < 4.78 is 7.15. The largest absolute Gasteiger partial charge is 0.497 e. The van der Waals surface area contributed by atoms with Gasteiger partial charge in [0.2, 0.25) is 0 Å². The molecule has 0 fully saturated rings. The summed E-state index contributed by atoms with van der Waals surface area (Å²) in [7, 11) is 1.67. The van der Waals surface area contributed by atoms with Crippen molar-refractivity contribution in [2.75, 3.05) is 18.6 Å². The van der Waals surface area contributed by atoms with Crippen LogP contribution in [0.5, 0.6) is 5.75 Å². The number of anilines is 1. The summed E-state index contributed by atoms with van der Waals surface area (Å²) in [5.41, 5.74) is 2.83. The number of hydrogen-bond acceptors (Lipinski definition) is 3. The first-order valence-corrected chi connectivity index (χ1v) is 8.24. The second-order valence-electron chi connectivity index (χ2n) is 5.90. The van der Waals surface area contributed by atoms with Crippen molar-refractivity contribution in [3.8, 4) is 5.75 Å². The lowest BCUT2D eigenvalue weighted by Gasteiger charge is -2.22. The number of carbonyl (C=O) groups is 1. The van der Waals surface area contributed by atoms with E-state index in [2.05, 4.69) is 12.0 Å². The number of aryl methyl sites for hydroxylation is 2. The van der Waals surface area contributed by atoms with Crippen LogP contribution in [-0.2, 0) is 13.0 Å². The summed E-state index contributed by atoms with van der Waals surface area (Å²) in [5, 5.41) is 4.28. The molecule has 2 heterocycles. The Bertz CT molecular complexity index is 693. The molecule has 0 radical (unpaired) electrons. The average Bonchev–Trinajstić information content (AvgIpc) is 2.93. The van der Waals surface area contributed by atoms with Crippen molar-refractivity contribution in [2.24, 2.45) is 0 Å². The Hall–Kier alpha value is -2.30. The molecule has 5 nitrogen and oxygen atoms in total. The summed E-state index contributed by atoms with van der Waals surface area (Å²) >= 11 is 0. The molecule has 23 heavy (non-hydrogen) atoms. The third kappa shape index (κ3) is 3.23. The van der Waals surface area contributed by atoms with E-state index in [1.807, 2.05) is 34.0 Å². The summed E-state index contributed by atoms with van der Waals surface area (Å²) in [6.07, 6.45) is 7.59. The minimum Gasteiger partial charge on any atom is -0.497 e. The van der Waals surface area contributed by atoms with Gasteiger partial charge in [-0.25, -0.2) is 0 Å². The van der Waals surface area contributed by atoms with E-state index in [1.54, 1.807) is 13.3 Å². The summed E-state index contributed by atoms with van der Waals surface area (Å²) in [6, 6.07) is 5.96. The van der Waals surface area contributed by atoms with E-state index in [0.29, 0.717) is 5.56 Å². The standard InChI is InChI=1S/C18H23N3O2/c1-3-9-20-13-15(12-19-20)18(22)21-10-5-4-6-14-11-16(23-2)7-8-17(14)21/h7-8,11-13H,3-6,9-10H2,1-2H3. The third-order valence-corrected chi connectivity index (χ3v) is 4.23. The molecule has 5 heteroatoms. The van der Waals surface area contributed by atoms with Crippen molar-refractivity contribution in [2.45, 2.75) is 39.2 Å². The predicted molar refractivity (Wildman–Crippen MR) is 90.1 cm³/mol. The molecule has 0 bridgehead atoms. The second-order valence-corrected chi connectivity index (χ2v) is 5.90. The molecule has 3 rings (SSSR count). The van der Waals surface area contributed by atoms with Gasteiger partial charge in [0.15, 0.2) is 0 Å². The van der Waals surface area contributed by atoms with Gasteiger partial charge in [0.05, 0.1) is 18.9 Å². The zero-order valence-corrected chi connectivity index (χ0v) is 13.8. The number of amides is 1. The molecule has 0 aliphatic carbocycles. The van der Waals surface area contributed by atoms with Crippen LogP contribution in [0, 0.1) is 0 Å². The van der Waals surface area contributed by atoms with Gasteiger partial charge in [-0.2, -0.15) is 5.10 Å². The molecule has 1 aromatic carbocycles. The lowest BCUT2D eigenvalue weighted by Crippen LogP contribution is -2.31. The van der Waals surface area contributed by atoms with Gasteiger partial charge in [0, 0.05) is 25.0 Å². The van der Waals surface area contributed by atoms with Gasteiger partial charge < -0.3 is 9.64 Å². The molecule has 0 saturated carbocycles. The zero-order valence-electron chi connectivity index (χ0n) is 13.8. The van der Waals surface area contributed by atoms with Crippen LogP contribution in [-0.4, -0.2) is 29.3 Å². The molecule has 122 valence electrons. The molecule has 0 unspecified atom stereocenters. The van der Waals surface area contributed by atoms with Crippen LogP contribution < -0.4 is 9.64 Å². The Morgan fingerprint density at radius 2 is 2.22 bits per heavy atom. The van der Waals surface area contributed by atoms with E-state index in [1.165, 1.54) is 5.56 Å². The number of fused-ring (bicyclic) bond motifs is 1. The summed E-state index contributed by atoms with van der Waals surface area (Å²) in [5.74, 6) is 0.870. The Balaban J connectivity index is 1.91. The number of nitrogens with zero attached hydrogens (tertiary/aromatic N) is 3. The van der Waals surface area contributed by atoms with Crippen molar-refractivity contribution in [3.05, 3.63) is 41.7 Å². The molecular formula is C18H23N3O2. The summed E-state index contributed by atoms with van der Waals surface area (Å²) in [4.78, 5) is 14.8. The molecule has 1 aliphatic heterocycles. The van der Waals surface area contributed by atoms with E-state index in [-0.39, 0.29) is 5.91 Å².